The molecule has 4 N–H and O–H groups in total. The molecule has 4 atom stereocenters. The number of anilines is 2. The Hall–Kier alpha value is -3.46. The van der Waals surface area contributed by atoms with Crippen molar-refractivity contribution in [1.82, 2.24) is 25.5 Å². The molecule has 7 rings (SSSR count). The minimum absolute atomic E-state index is 0.0852. The number of phenolic OH excluding ortho intramolecular Hbond substituents is 1. The van der Waals surface area contributed by atoms with Gasteiger partial charge in [0.25, 0.3) is 0 Å². The van der Waals surface area contributed by atoms with Gasteiger partial charge in [-0.25, -0.2) is 4.98 Å². The molecule has 2 saturated heterocycles. The fourth-order valence-electron chi connectivity index (χ4n) is 7.42. The monoisotopic (exact) mass is 499 g/mol. The van der Waals surface area contributed by atoms with Gasteiger partial charge in [0, 0.05) is 36.3 Å². The van der Waals surface area contributed by atoms with Crippen molar-refractivity contribution in [3.63, 3.8) is 0 Å². The molecule has 192 valence electrons. The van der Waals surface area contributed by atoms with Crippen LogP contribution in [0.1, 0.15) is 37.9 Å². The maximum Gasteiger partial charge on any atom is 0.216 e. The highest BCUT2D eigenvalue weighted by Gasteiger charge is 2.67. The van der Waals surface area contributed by atoms with E-state index >= 15 is 0 Å². The van der Waals surface area contributed by atoms with Crippen LogP contribution in [0.2, 0.25) is 0 Å². The number of nitrogens with two attached hydrogens (primary N) is 1. The van der Waals surface area contributed by atoms with E-state index in [1.807, 2.05) is 30.5 Å². The smallest absolute Gasteiger partial charge is 0.216 e. The van der Waals surface area contributed by atoms with Gasteiger partial charge in [0.15, 0.2) is 5.82 Å². The highest BCUT2D eigenvalue weighted by Crippen LogP contribution is 2.69. The maximum absolute atomic E-state index is 10.3. The van der Waals surface area contributed by atoms with Gasteiger partial charge in [0.1, 0.15) is 17.7 Å². The van der Waals surface area contributed by atoms with Crippen molar-refractivity contribution in [2.24, 2.45) is 17.8 Å². The molecule has 2 aromatic heterocycles. The van der Waals surface area contributed by atoms with Crippen molar-refractivity contribution in [2.45, 2.75) is 43.6 Å². The van der Waals surface area contributed by atoms with Gasteiger partial charge < -0.3 is 25.8 Å². The minimum Gasteiger partial charge on any atom is -0.507 e. The Kier molecular flexibility index (Phi) is 5.42. The Balaban J connectivity index is 1.10. The number of aromatic hydroxyl groups is 1. The van der Waals surface area contributed by atoms with E-state index in [0.29, 0.717) is 34.8 Å². The predicted octanol–water partition coefficient (Wildman–Crippen LogP) is 3.16. The lowest BCUT2D eigenvalue weighted by molar-refractivity contribution is -0.120. The third-order valence-electron chi connectivity index (χ3n) is 9.10. The zero-order chi connectivity index (χ0) is 25.0. The third-order valence-corrected chi connectivity index (χ3v) is 9.10. The van der Waals surface area contributed by atoms with Gasteiger partial charge in [-0.1, -0.05) is 12.1 Å². The van der Waals surface area contributed by atoms with E-state index in [0.717, 1.165) is 75.7 Å². The predicted molar refractivity (Wildman–Crippen MR) is 140 cm³/mol. The second-order valence-electron chi connectivity index (χ2n) is 11.1. The van der Waals surface area contributed by atoms with E-state index < -0.39 is 0 Å². The Morgan fingerprint density at radius 2 is 1.89 bits per heavy atom. The summed E-state index contributed by atoms with van der Waals surface area (Å²) in [6.07, 6.45) is 7.50. The summed E-state index contributed by atoms with van der Waals surface area (Å²) in [4.78, 5) is 12.1. The van der Waals surface area contributed by atoms with Gasteiger partial charge in [-0.05, 0) is 81.1 Å². The van der Waals surface area contributed by atoms with Crippen molar-refractivity contribution in [3.8, 4) is 22.9 Å². The lowest BCUT2D eigenvalue weighted by atomic mass is 9.38. The van der Waals surface area contributed by atoms with Crippen molar-refractivity contribution < 1.29 is 9.84 Å². The first-order chi connectivity index (χ1) is 18.1. The van der Waals surface area contributed by atoms with Gasteiger partial charge in [0.2, 0.25) is 5.88 Å². The molecule has 4 aliphatic rings. The van der Waals surface area contributed by atoms with Gasteiger partial charge in [-0.2, -0.15) is 4.98 Å². The zero-order valence-electron chi connectivity index (χ0n) is 20.9. The number of phenols is 1. The molecule has 0 bridgehead atoms. The number of aromatic nitrogens is 4. The quantitative estimate of drug-likeness (QED) is 0.486. The third kappa shape index (κ3) is 3.79. The lowest BCUT2D eigenvalue weighted by Crippen LogP contribution is -2.65. The standard InChI is InChI=1S/C28H33N7O2/c29-26-22(13-21(33-34-26)20-3-1-2-4-23(20)36)35-12-8-17-14-28(15-18(16-35)25(17)28)27-31-11-7-24(32-27)37-19-5-9-30-10-6-19/h1-4,7,11,13,17-19,25,30,36H,5-6,8-10,12,14-16H2,(H2,29,34)/t17-,18+,25?,28?/m1/s1. The zero-order valence-corrected chi connectivity index (χ0v) is 20.9. The number of rotatable bonds is 5. The van der Waals surface area contributed by atoms with Gasteiger partial charge in [-0.3, -0.25) is 0 Å². The van der Waals surface area contributed by atoms with Crippen LogP contribution in [-0.2, 0) is 5.41 Å². The molecule has 0 spiro atoms. The molecule has 0 amide bonds. The van der Waals surface area contributed by atoms with Crippen molar-refractivity contribution in [1.29, 1.82) is 0 Å². The topological polar surface area (TPSA) is 122 Å². The normalized spacial score (nSPS) is 29.0. The molecule has 2 aliphatic carbocycles. The first kappa shape index (κ1) is 22.7. The summed E-state index contributed by atoms with van der Waals surface area (Å²) in [5.41, 5.74) is 8.61. The van der Waals surface area contributed by atoms with Crippen molar-refractivity contribution >= 4 is 11.5 Å². The maximum atomic E-state index is 10.3. The van der Waals surface area contributed by atoms with E-state index in [1.54, 1.807) is 12.1 Å². The van der Waals surface area contributed by atoms with Crippen molar-refractivity contribution in [2.75, 3.05) is 36.8 Å². The first-order valence-electron chi connectivity index (χ1n) is 13.5. The molecule has 9 heteroatoms. The molecular formula is C28H33N7O2. The van der Waals surface area contributed by atoms with E-state index in [-0.39, 0.29) is 17.3 Å². The molecule has 9 nitrogen and oxygen atoms in total. The second-order valence-corrected chi connectivity index (χ2v) is 11.1. The Bertz CT molecular complexity index is 1310. The molecule has 4 heterocycles. The highest BCUT2D eigenvalue weighted by atomic mass is 16.5. The first-order valence-corrected chi connectivity index (χ1v) is 13.5. The average Bonchev–Trinajstić information content (AvgIpc) is 2.95. The molecule has 2 aliphatic heterocycles. The summed E-state index contributed by atoms with van der Waals surface area (Å²) in [6, 6.07) is 11.1. The van der Waals surface area contributed by atoms with Crippen LogP contribution in [0.25, 0.3) is 11.3 Å². The van der Waals surface area contributed by atoms with Crippen LogP contribution in [0.15, 0.2) is 42.6 Å². The molecule has 2 unspecified atom stereocenters. The largest absolute Gasteiger partial charge is 0.507 e. The second kappa shape index (κ2) is 8.83. The average molecular weight is 500 g/mol. The molecule has 37 heavy (non-hydrogen) atoms. The van der Waals surface area contributed by atoms with Gasteiger partial charge >= 0.3 is 0 Å². The number of ether oxygens (including phenoxy) is 1. The van der Waals surface area contributed by atoms with Gasteiger partial charge in [-0.15, -0.1) is 10.2 Å². The molecule has 0 radical (unpaired) electrons. The van der Waals surface area contributed by atoms with E-state index in [4.69, 9.17) is 20.4 Å². The Labute approximate surface area is 216 Å². The van der Waals surface area contributed by atoms with Crippen LogP contribution in [-0.4, -0.2) is 57.6 Å². The highest BCUT2D eigenvalue weighted by molar-refractivity contribution is 5.74. The van der Waals surface area contributed by atoms with Crippen LogP contribution in [0.4, 0.5) is 11.5 Å². The molecule has 2 saturated carbocycles. The lowest BCUT2D eigenvalue weighted by Gasteiger charge is -2.66. The number of nitrogens with zero attached hydrogens (tertiary/aromatic N) is 5. The summed E-state index contributed by atoms with van der Waals surface area (Å²) in [5.74, 6) is 4.16. The van der Waals surface area contributed by atoms with Crippen molar-refractivity contribution in [3.05, 3.63) is 48.4 Å². The number of nitrogen functional groups attached to an aromatic ring is 1. The molecule has 4 fully saturated rings. The van der Waals surface area contributed by atoms with Crippen LogP contribution in [0.5, 0.6) is 11.6 Å². The number of hydrogen-bond acceptors (Lipinski definition) is 9. The molecular weight excluding hydrogens is 466 g/mol. The van der Waals surface area contributed by atoms with Crippen LogP contribution >= 0.6 is 0 Å². The summed E-state index contributed by atoms with van der Waals surface area (Å²) in [5, 5.41) is 22.2. The number of para-hydroxylation sites is 1. The van der Waals surface area contributed by atoms with Crippen LogP contribution in [0.3, 0.4) is 0 Å². The summed E-state index contributed by atoms with van der Waals surface area (Å²) < 4.78 is 6.24. The number of benzene rings is 1. The molecule has 3 aromatic rings. The Morgan fingerprint density at radius 1 is 1.05 bits per heavy atom. The van der Waals surface area contributed by atoms with Crippen LogP contribution in [0, 0.1) is 17.8 Å². The fourth-order valence-corrected chi connectivity index (χ4v) is 7.42. The van der Waals surface area contributed by atoms with Crippen LogP contribution < -0.4 is 20.7 Å². The van der Waals surface area contributed by atoms with E-state index in [9.17, 15) is 5.11 Å². The summed E-state index contributed by atoms with van der Waals surface area (Å²) in [7, 11) is 0. The number of hydrogen-bond donors (Lipinski definition) is 3. The number of piperidine rings is 1. The summed E-state index contributed by atoms with van der Waals surface area (Å²) >= 11 is 0. The number of nitrogens with one attached hydrogen (secondary N) is 1. The fraction of sp³-hybridized carbons (Fsp3) is 0.500. The summed E-state index contributed by atoms with van der Waals surface area (Å²) in [6.45, 7) is 3.87. The Morgan fingerprint density at radius 3 is 2.76 bits per heavy atom. The van der Waals surface area contributed by atoms with Gasteiger partial charge in [0.05, 0.1) is 11.4 Å². The molecule has 1 aromatic carbocycles. The minimum atomic E-state index is 0.0852. The van der Waals surface area contributed by atoms with E-state index in [2.05, 4.69) is 20.4 Å². The van der Waals surface area contributed by atoms with E-state index in [1.165, 1.54) is 0 Å². The SMILES string of the molecule is Nc1nnc(-c2ccccc2O)cc1N1CC[C@@H]2CC3(c4nccc(OC5CCNCC5)n4)C[C@@H](C1)C23.